The Labute approximate surface area is 132 Å². The maximum atomic E-state index is 12.7. The van der Waals surface area contributed by atoms with Crippen LogP contribution in [0.5, 0.6) is 0 Å². The highest BCUT2D eigenvalue weighted by Gasteiger charge is 2.24. The van der Waals surface area contributed by atoms with Crippen molar-refractivity contribution in [3.8, 4) is 0 Å². The van der Waals surface area contributed by atoms with Crippen molar-refractivity contribution in [2.24, 2.45) is 0 Å². The van der Waals surface area contributed by atoms with Crippen LogP contribution >= 0.6 is 11.6 Å². The average Bonchev–Trinajstić information content (AvgIpc) is 2.47. The van der Waals surface area contributed by atoms with Crippen molar-refractivity contribution in [3.05, 3.63) is 64.2 Å². The molecule has 0 bridgehead atoms. The quantitative estimate of drug-likeness (QED) is 0.785. The van der Waals surface area contributed by atoms with Gasteiger partial charge in [-0.1, -0.05) is 35.9 Å². The molecule has 0 radical (unpaired) electrons. The number of benzene rings is 2. The molecule has 0 spiro atoms. The zero-order chi connectivity index (χ0) is 15.6. The monoisotopic (exact) mass is 320 g/mol. The minimum atomic E-state index is -1.38. The molecule has 2 atom stereocenters. The zero-order valence-electron chi connectivity index (χ0n) is 12.2. The second-order valence-electron chi connectivity index (χ2n) is 5.08. The summed E-state index contributed by atoms with van der Waals surface area (Å²) in [5, 5.41) is -0.102. The third-order valence-electron chi connectivity index (χ3n) is 3.36. The number of ketones is 1. The van der Waals surface area contributed by atoms with Gasteiger partial charge in [0.2, 0.25) is 0 Å². The molecule has 0 aromatic heterocycles. The maximum absolute atomic E-state index is 12.7. The van der Waals surface area contributed by atoms with E-state index in [9.17, 15) is 9.00 Å². The molecule has 2 aromatic carbocycles. The Morgan fingerprint density at radius 1 is 1.14 bits per heavy atom. The van der Waals surface area contributed by atoms with Crippen molar-refractivity contribution >= 4 is 28.2 Å². The number of aryl methyl sites for hydroxylation is 2. The van der Waals surface area contributed by atoms with Gasteiger partial charge in [-0.15, -0.1) is 0 Å². The Balaban J connectivity index is 2.31. The van der Waals surface area contributed by atoms with E-state index < -0.39 is 16.0 Å². The first kappa shape index (κ1) is 15.9. The summed E-state index contributed by atoms with van der Waals surface area (Å²) in [6.07, 6.45) is 0. The number of Topliss-reactive ketones (excluding diaryl/α,β-unsaturated/α-hetero) is 1. The van der Waals surface area contributed by atoms with Crippen LogP contribution < -0.4 is 0 Å². The first-order valence-electron chi connectivity index (χ1n) is 6.68. The van der Waals surface area contributed by atoms with Crippen molar-refractivity contribution in [1.29, 1.82) is 0 Å². The summed E-state index contributed by atoms with van der Waals surface area (Å²) >= 11 is 5.91. The second kappa shape index (κ2) is 6.54. The molecule has 21 heavy (non-hydrogen) atoms. The van der Waals surface area contributed by atoms with Crippen LogP contribution in [0.3, 0.4) is 0 Å². The van der Waals surface area contributed by atoms with Crippen LogP contribution in [0.15, 0.2) is 47.4 Å². The van der Waals surface area contributed by atoms with Gasteiger partial charge in [0.15, 0.2) is 5.78 Å². The van der Waals surface area contributed by atoms with Gasteiger partial charge in [0.25, 0.3) is 0 Å². The topological polar surface area (TPSA) is 34.1 Å². The number of hydrogen-bond donors (Lipinski definition) is 0. The van der Waals surface area contributed by atoms with E-state index in [-0.39, 0.29) is 5.78 Å². The Hall–Kier alpha value is -1.45. The number of hydrogen-bond acceptors (Lipinski definition) is 2. The van der Waals surface area contributed by atoms with Crippen molar-refractivity contribution in [3.63, 3.8) is 0 Å². The molecule has 110 valence electrons. The smallest absolute Gasteiger partial charge is 0.178 e. The molecule has 2 nitrogen and oxygen atoms in total. The highest BCUT2D eigenvalue weighted by atomic mass is 35.5. The predicted octanol–water partition coefficient (Wildman–Crippen LogP) is 4.34. The SMILES string of the molecule is Cc1ccc(C)c(S(=O)C(C)C(=O)c2cccc(Cl)c2)c1. The molecule has 0 heterocycles. The Morgan fingerprint density at radius 3 is 2.52 bits per heavy atom. The van der Waals surface area contributed by atoms with Crippen LogP contribution in [0.1, 0.15) is 28.4 Å². The van der Waals surface area contributed by atoms with E-state index in [1.165, 1.54) is 0 Å². The van der Waals surface area contributed by atoms with Crippen molar-refractivity contribution in [1.82, 2.24) is 0 Å². The molecular weight excluding hydrogens is 304 g/mol. The predicted molar refractivity (Wildman–Crippen MR) is 87.6 cm³/mol. The minimum absolute atomic E-state index is 0.156. The van der Waals surface area contributed by atoms with Crippen LogP contribution in [0, 0.1) is 13.8 Å². The van der Waals surface area contributed by atoms with Crippen LogP contribution in [0.25, 0.3) is 0 Å². The molecule has 0 N–H and O–H groups in total. The van der Waals surface area contributed by atoms with E-state index in [1.807, 2.05) is 32.0 Å². The lowest BCUT2D eigenvalue weighted by Crippen LogP contribution is -2.23. The molecule has 4 heteroatoms. The van der Waals surface area contributed by atoms with Gasteiger partial charge >= 0.3 is 0 Å². The summed E-state index contributed by atoms with van der Waals surface area (Å²) in [6, 6.07) is 12.5. The van der Waals surface area contributed by atoms with E-state index >= 15 is 0 Å². The van der Waals surface area contributed by atoms with Gasteiger partial charge in [0, 0.05) is 15.5 Å². The summed E-state index contributed by atoms with van der Waals surface area (Å²) in [7, 11) is -1.38. The summed E-state index contributed by atoms with van der Waals surface area (Å²) in [4.78, 5) is 13.2. The van der Waals surface area contributed by atoms with Gasteiger partial charge in [-0.3, -0.25) is 9.00 Å². The lowest BCUT2D eigenvalue weighted by Gasteiger charge is -2.13. The zero-order valence-corrected chi connectivity index (χ0v) is 13.8. The van der Waals surface area contributed by atoms with Crippen molar-refractivity contribution in [2.75, 3.05) is 0 Å². The van der Waals surface area contributed by atoms with E-state index in [4.69, 9.17) is 11.6 Å². The van der Waals surface area contributed by atoms with Crippen LogP contribution in [-0.4, -0.2) is 15.2 Å². The van der Waals surface area contributed by atoms with Crippen LogP contribution in [-0.2, 0) is 10.8 Å². The van der Waals surface area contributed by atoms with E-state index in [1.54, 1.807) is 31.2 Å². The average molecular weight is 321 g/mol. The molecule has 2 rings (SSSR count). The largest absolute Gasteiger partial charge is 0.293 e. The fourth-order valence-corrected chi connectivity index (χ4v) is 3.68. The lowest BCUT2D eigenvalue weighted by molar-refractivity contribution is 0.0992. The molecule has 0 aliphatic rings. The van der Waals surface area contributed by atoms with Gasteiger partial charge in [-0.2, -0.15) is 0 Å². The van der Waals surface area contributed by atoms with Gasteiger partial charge in [0.1, 0.15) is 0 Å². The van der Waals surface area contributed by atoms with Gasteiger partial charge in [0.05, 0.1) is 16.0 Å². The van der Waals surface area contributed by atoms with E-state index in [0.29, 0.717) is 10.6 Å². The molecule has 0 aliphatic carbocycles. The summed E-state index contributed by atoms with van der Waals surface area (Å²) < 4.78 is 12.7. The highest BCUT2D eigenvalue weighted by Crippen LogP contribution is 2.21. The third-order valence-corrected chi connectivity index (χ3v) is 5.32. The van der Waals surface area contributed by atoms with Gasteiger partial charge in [-0.25, -0.2) is 0 Å². The van der Waals surface area contributed by atoms with Crippen LogP contribution in [0.2, 0.25) is 5.02 Å². The third kappa shape index (κ3) is 3.60. The maximum Gasteiger partial charge on any atom is 0.178 e. The molecular formula is C17H17ClO2S. The fraction of sp³-hybridized carbons (Fsp3) is 0.235. The molecule has 0 saturated heterocycles. The molecule has 2 aromatic rings. The summed E-state index contributed by atoms with van der Waals surface area (Å²) in [5.41, 5.74) is 2.46. The number of halogens is 1. The number of carbonyl (C=O) groups excluding carboxylic acids is 1. The van der Waals surface area contributed by atoms with Crippen LogP contribution in [0.4, 0.5) is 0 Å². The van der Waals surface area contributed by atoms with Crippen molar-refractivity contribution < 1.29 is 9.00 Å². The van der Waals surface area contributed by atoms with E-state index in [2.05, 4.69) is 0 Å². The number of rotatable bonds is 4. The first-order valence-corrected chi connectivity index (χ1v) is 8.27. The Morgan fingerprint density at radius 2 is 1.86 bits per heavy atom. The standard InChI is InChI=1S/C17H17ClO2S/c1-11-7-8-12(2)16(9-11)21(20)13(3)17(19)14-5-4-6-15(18)10-14/h4-10,13H,1-3H3. The first-order chi connectivity index (χ1) is 9.90. The minimum Gasteiger partial charge on any atom is -0.293 e. The second-order valence-corrected chi connectivity index (χ2v) is 7.26. The normalized spacial score (nSPS) is 13.7. The van der Waals surface area contributed by atoms with E-state index in [0.717, 1.165) is 16.0 Å². The summed E-state index contributed by atoms with van der Waals surface area (Å²) in [5.74, 6) is -0.156. The lowest BCUT2D eigenvalue weighted by atomic mass is 10.1. The fourth-order valence-electron chi connectivity index (χ4n) is 2.09. The molecule has 0 saturated carbocycles. The molecule has 0 aliphatic heterocycles. The summed E-state index contributed by atoms with van der Waals surface area (Å²) in [6.45, 7) is 5.55. The molecule has 2 unspecified atom stereocenters. The highest BCUT2D eigenvalue weighted by molar-refractivity contribution is 7.86. The molecule has 0 fully saturated rings. The number of carbonyl (C=O) groups is 1. The van der Waals surface area contributed by atoms with Gasteiger partial charge < -0.3 is 0 Å². The Kier molecular flexibility index (Phi) is 4.96. The molecule has 0 amide bonds. The Bertz CT molecular complexity index is 710. The van der Waals surface area contributed by atoms with Gasteiger partial charge in [-0.05, 0) is 50.1 Å². The van der Waals surface area contributed by atoms with Crippen molar-refractivity contribution in [2.45, 2.75) is 30.9 Å².